The van der Waals surface area contributed by atoms with Gasteiger partial charge in [-0.1, -0.05) is 29.8 Å². The van der Waals surface area contributed by atoms with Crippen molar-refractivity contribution < 1.29 is 5.11 Å². The first-order chi connectivity index (χ1) is 11.1. The topological polar surface area (TPSA) is 84.1 Å². The molecule has 23 heavy (non-hydrogen) atoms. The Morgan fingerprint density at radius 2 is 1.96 bits per heavy atom. The van der Waals surface area contributed by atoms with Crippen molar-refractivity contribution in [1.29, 1.82) is 0 Å². The van der Waals surface area contributed by atoms with Crippen molar-refractivity contribution in [2.45, 2.75) is 13.0 Å². The van der Waals surface area contributed by atoms with E-state index >= 15 is 0 Å². The van der Waals surface area contributed by atoms with E-state index in [1.165, 1.54) is 0 Å². The summed E-state index contributed by atoms with van der Waals surface area (Å²) in [5.74, 6) is 1.07. The summed E-state index contributed by atoms with van der Waals surface area (Å²) < 4.78 is 0. The number of hydrogen-bond donors (Lipinski definition) is 3. The largest absolute Gasteiger partial charge is 0.506 e. The second kappa shape index (κ2) is 6.40. The second-order valence-electron chi connectivity index (χ2n) is 5.41. The highest BCUT2D eigenvalue weighted by Gasteiger charge is 2.14. The molecule has 118 valence electrons. The van der Waals surface area contributed by atoms with Crippen molar-refractivity contribution in [2.24, 2.45) is 5.73 Å². The zero-order chi connectivity index (χ0) is 16.4. The monoisotopic (exact) mass is 328 g/mol. The van der Waals surface area contributed by atoms with Gasteiger partial charge in [-0.3, -0.25) is 0 Å². The van der Waals surface area contributed by atoms with Gasteiger partial charge in [-0.05, 0) is 31.2 Å². The summed E-state index contributed by atoms with van der Waals surface area (Å²) in [6.45, 7) is 2.50. The summed E-state index contributed by atoms with van der Waals surface area (Å²) in [6, 6.07) is 12.8. The minimum absolute atomic E-state index is 0.00764. The number of phenolic OH excluding ortho intramolecular Hbond substituents is 1. The van der Waals surface area contributed by atoms with Gasteiger partial charge in [0.25, 0.3) is 0 Å². The molecule has 3 rings (SSSR count). The molecule has 0 radical (unpaired) electrons. The third-order valence-electron chi connectivity index (χ3n) is 3.42. The summed E-state index contributed by atoms with van der Waals surface area (Å²) in [6.07, 6.45) is 0. The fourth-order valence-electron chi connectivity index (χ4n) is 2.29. The predicted octanol–water partition coefficient (Wildman–Crippen LogP) is 3.41. The van der Waals surface area contributed by atoms with Crippen LogP contribution in [0.2, 0.25) is 5.02 Å². The minimum atomic E-state index is -0.0254. The van der Waals surface area contributed by atoms with Crippen LogP contribution < -0.4 is 11.1 Å². The van der Waals surface area contributed by atoms with Crippen LogP contribution in [0.3, 0.4) is 0 Å². The molecule has 0 fully saturated rings. The molecule has 3 aromatic rings. The van der Waals surface area contributed by atoms with Gasteiger partial charge in [-0.15, -0.1) is 0 Å². The van der Waals surface area contributed by atoms with Crippen LogP contribution in [0.25, 0.3) is 22.3 Å². The Morgan fingerprint density at radius 3 is 2.74 bits per heavy atom. The summed E-state index contributed by atoms with van der Waals surface area (Å²) in [7, 11) is 0. The Morgan fingerprint density at radius 1 is 1.17 bits per heavy atom. The van der Waals surface area contributed by atoms with E-state index in [2.05, 4.69) is 15.3 Å². The lowest BCUT2D eigenvalue weighted by molar-refractivity contribution is 0.477. The summed E-state index contributed by atoms with van der Waals surface area (Å²) in [5.41, 5.74) is 7.09. The molecule has 1 aromatic heterocycles. The molecular formula is C17H17ClN4O. The first kappa shape index (κ1) is 15.5. The lowest BCUT2D eigenvalue weighted by Crippen LogP contribution is -2.25. The summed E-state index contributed by atoms with van der Waals surface area (Å²) in [5, 5.41) is 14.6. The summed E-state index contributed by atoms with van der Waals surface area (Å²) in [4.78, 5) is 9.08. The van der Waals surface area contributed by atoms with Crippen LogP contribution in [-0.2, 0) is 0 Å². The number of phenols is 1. The number of nitrogens with one attached hydrogen (secondary N) is 1. The highest BCUT2D eigenvalue weighted by Crippen LogP contribution is 2.34. The van der Waals surface area contributed by atoms with E-state index < -0.39 is 0 Å². The molecule has 1 atom stereocenters. The van der Waals surface area contributed by atoms with Crippen LogP contribution in [0.5, 0.6) is 5.75 Å². The van der Waals surface area contributed by atoms with E-state index in [-0.39, 0.29) is 16.8 Å². The maximum absolute atomic E-state index is 10.2. The molecule has 0 saturated carbocycles. The first-order valence-electron chi connectivity index (χ1n) is 7.30. The van der Waals surface area contributed by atoms with E-state index in [9.17, 15) is 5.11 Å². The minimum Gasteiger partial charge on any atom is -0.506 e. The third kappa shape index (κ3) is 3.21. The van der Waals surface area contributed by atoms with Gasteiger partial charge in [0.2, 0.25) is 0 Å². The van der Waals surface area contributed by atoms with Gasteiger partial charge in [0.15, 0.2) is 5.82 Å². The normalized spacial score (nSPS) is 12.3. The Kier molecular flexibility index (Phi) is 4.32. The Labute approximate surface area is 139 Å². The number of nitrogens with zero attached hydrogens (tertiary/aromatic N) is 2. The SMILES string of the molecule is C[C@@H](N)CNc1nc(-c2cccc(Cl)c2O)nc2ccccc12. The number of aromatic nitrogens is 2. The molecule has 0 saturated heterocycles. The molecule has 0 aliphatic carbocycles. The molecular weight excluding hydrogens is 312 g/mol. The van der Waals surface area contributed by atoms with Gasteiger partial charge < -0.3 is 16.2 Å². The van der Waals surface area contributed by atoms with E-state index in [1.807, 2.05) is 31.2 Å². The quantitative estimate of drug-likeness (QED) is 0.683. The number of fused-ring (bicyclic) bond motifs is 1. The molecule has 0 aliphatic heterocycles. The smallest absolute Gasteiger partial charge is 0.165 e. The molecule has 1 heterocycles. The molecule has 0 aliphatic rings. The average molecular weight is 329 g/mol. The molecule has 2 aromatic carbocycles. The van der Waals surface area contributed by atoms with Crippen LogP contribution in [-0.4, -0.2) is 27.7 Å². The maximum atomic E-state index is 10.2. The fourth-order valence-corrected chi connectivity index (χ4v) is 2.46. The number of aromatic hydroxyl groups is 1. The van der Waals surface area contributed by atoms with E-state index in [4.69, 9.17) is 17.3 Å². The van der Waals surface area contributed by atoms with Crippen LogP contribution in [0.15, 0.2) is 42.5 Å². The Hall–Kier alpha value is -2.37. The molecule has 0 amide bonds. The number of rotatable bonds is 4. The van der Waals surface area contributed by atoms with Crippen molar-refractivity contribution in [2.75, 3.05) is 11.9 Å². The molecule has 5 nitrogen and oxygen atoms in total. The number of nitrogens with two attached hydrogens (primary N) is 1. The third-order valence-corrected chi connectivity index (χ3v) is 3.73. The van der Waals surface area contributed by atoms with Crippen LogP contribution in [0, 0.1) is 0 Å². The highest BCUT2D eigenvalue weighted by molar-refractivity contribution is 6.32. The highest BCUT2D eigenvalue weighted by atomic mass is 35.5. The molecule has 0 spiro atoms. The number of para-hydroxylation sites is 2. The standard InChI is InChI=1S/C17H17ClN4O/c1-10(19)9-20-16-11-5-2-3-8-14(11)21-17(22-16)12-6-4-7-13(18)15(12)23/h2-8,10,23H,9,19H2,1H3,(H,20,21,22)/t10-/m1/s1. The van der Waals surface area contributed by atoms with Crippen LogP contribution in [0.1, 0.15) is 6.92 Å². The van der Waals surface area contributed by atoms with Gasteiger partial charge in [0.1, 0.15) is 11.6 Å². The second-order valence-corrected chi connectivity index (χ2v) is 5.81. The zero-order valence-electron chi connectivity index (χ0n) is 12.6. The Bertz CT molecular complexity index is 851. The number of halogens is 1. The van der Waals surface area contributed by atoms with Gasteiger partial charge in [0, 0.05) is 18.0 Å². The Balaban J connectivity index is 2.16. The predicted molar refractivity (Wildman–Crippen MR) is 93.8 cm³/mol. The number of benzene rings is 2. The van der Waals surface area contributed by atoms with Gasteiger partial charge >= 0.3 is 0 Å². The van der Waals surface area contributed by atoms with Crippen LogP contribution in [0.4, 0.5) is 5.82 Å². The van der Waals surface area contributed by atoms with Crippen molar-refractivity contribution in [3.8, 4) is 17.1 Å². The van der Waals surface area contributed by atoms with Gasteiger partial charge in [-0.25, -0.2) is 9.97 Å². The van der Waals surface area contributed by atoms with E-state index in [0.29, 0.717) is 23.8 Å². The van der Waals surface area contributed by atoms with Crippen molar-refractivity contribution in [3.05, 3.63) is 47.5 Å². The van der Waals surface area contributed by atoms with Gasteiger partial charge in [-0.2, -0.15) is 0 Å². The van der Waals surface area contributed by atoms with Crippen molar-refractivity contribution in [1.82, 2.24) is 9.97 Å². The number of anilines is 1. The molecule has 6 heteroatoms. The lowest BCUT2D eigenvalue weighted by atomic mass is 10.1. The average Bonchev–Trinajstić information content (AvgIpc) is 2.55. The first-order valence-corrected chi connectivity index (χ1v) is 7.68. The number of hydrogen-bond acceptors (Lipinski definition) is 5. The zero-order valence-corrected chi connectivity index (χ0v) is 13.4. The lowest BCUT2D eigenvalue weighted by Gasteiger charge is -2.13. The molecule has 0 bridgehead atoms. The molecule has 4 N–H and O–H groups in total. The van der Waals surface area contributed by atoms with E-state index in [1.54, 1.807) is 18.2 Å². The van der Waals surface area contributed by atoms with Crippen molar-refractivity contribution in [3.63, 3.8) is 0 Å². The van der Waals surface area contributed by atoms with Crippen LogP contribution >= 0.6 is 11.6 Å². The summed E-state index contributed by atoms with van der Waals surface area (Å²) >= 11 is 5.99. The van der Waals surface area contributed by atoms with E-state index in [0.717, 1.165) is 10.9 Å². The van der Waals surface area contributed by atoms with Crippen molar-refractivity contribution >= 4 is 28.3 Å². The fraction of sp³-hybridized carbons (Fsp3) is 0.176. The maximum Gasteiger partial charge on any atom is 0.165 e. The van der Waals surface area contributed by atoms with Gasteiger partial charge in [0.05, 0.1) is 16.1 Å². The molecule has 0 unspecified atom stereocenters.